The first-order valence-corrected chi connectivity index (χ1v) is 12.0. The molecule has 7 heteroatoms. The highest BCUT2D eigenvalue weighted by molar-refractivity contribution is 5.96. The zero-order chi connectivity index (χ0) is 21.9. The third-order valence-electron chi connectivity index (χ3n) is 7.06. The van der Waals surface area contributed by atoms with E-state index < -0.39 is 0 Å². The van der Waals surface area contributed by atoms with E-state index in [-0.39, 0.29) is 6.10 Å². The van der Waals surface area contributed by atoms with Crippen molar-refractivity contribution in [3.63, 3.8) is 0 Å². The van der Waals surface area contributed by atoms with Gasteiger partial charge in [0.2, 0.25) is 0 Å². The number of methoxy groups -OCH3 is 1. The van der Waals surface area contributed by atoms with Crippen LogP contribution in [0.5, 0.6) is 11.5 Å². The van der Waals surface area contributed by atoms with Gasteiger partial charge in [-0.2, -0.15) is 0 Å². The number of benzene rings is 1. The topological polar surface area (TPSA) is 72.9 Å². The second kappa shape index (κ2) is 9.53. The van der Waals surface area contributed by atoms with E-state index in [2.05, 4.69) is 16.3 Å². The number of carbonyl (C=O) groups excluding carboxylic acids is 1. The summed E-state index contributed by atoms with van der Waals surface area (Å²) in [6.45, 7) is 4.75. The lowest BCUT2D eigenvalue weighted by molar-refractivity contribution is -0.137. The number of rotatable bonds is 10. The van der Waals surface area contributed by atoms with Crippen LogP contribution in [0, 0.1) is 0 Å². The summed E-state index contributed by atoms with van der Waals surface area (Å²) >= 11 is 0. The van der Waals surface area contributed by atoms with Crippen LogP contribution in [0.1, 0.15) is 49.8 Å². The number of hydrogen-bond donors (Lipinski definition) is 1. The lowest BCUT2D eigenvalue weighted by Crippen LogP contribution is -2.40. The summed E-state index contributed by atoms with van der Waals surface area (Å²) in [6.07, 6.45) is 8.54. The minimum absolute atomic E-state index is 0.0289. The maximum Gasteiger partial charge on any atom is 0.293 e. The maximum atomic E-state index is 10.6. The zero-order valence-corrected chi connectivity index (χ0v) is 18.9. The molecule has 1 saturated carbocycles. The van der Waals surface area contributed by atoms with Crippen LogP contribution in [0.25, 0.3) is 10.9 Å². The van der Waals surface area contributed by atoms with Crippen LogP contribution >= 0.6 is 0 Å². The van der Waals surface area contributed by atoms with E-state index in [0.29, 0.717) is 19.1 Å². The number of pyridine rings is 1. The van der Waals surface area contributed by atoms with Crippen molar-refractivity contribution >= 4 is 23.1 Å². The molecule has 2 aliphatic carbocycles. The molecule has 1 N–H and O–H groups in total. The molecule has 0 amide bonds. The van der Waals surface area contributed by atoms with Gasteiger partial charge in [0.05, 0.1) is 19.2 Å². The molecular weight excluding hydrogens is 406 g/mol. The molecule has 0 radical (unpaired) electrons. The van der Waals surface area contributed by atoms with Crippen molar-refractivity contribution in [3.05, 3.63) is 23.4 Å². The second-order valence-electron chi connectivity index (χ2n) is 9.20. The number of aryl methyl sites for hydroxylation is 1. The van der Waals surface area contributed by atoms with Crippen molar-refractivity contribution in [1.82, 2.24) is 9.88 Å². The molecule has 5 rings (SSSR count). The molecule has 0 unspecified atom stereocenters. The molecule has 7 nitrogen and oxygen atoms in total. The Kier molecular flexibility index (Phi) is 6.35. The molecule has 0 atom stereocenters. The van der Waals surface area contributed by atoms with Crippen LogP contribution in [0.2, 0.25) is 0 Å². The van der Waals surface area contributed by atoms with Gasteiger partial charge >= 0.3 is 0 Å². The van der Waals surface area contributed by atoms with Crippen LogP contribution < -0.4 is 14.8 Å². The Balaban J connectivity index is 1.35. The van der Waals surface area contributed by atoms with E-state index in [0.717, 1.165) is 73.2 Å². The van der Waals surface area contributed by atoms with Crippen LogP contribution in [-0.2, 0) is 22.4 Å². The molecule has 1 aliphatic heterocycles. The molecule has 0 bridgehead atoms. The normalized spacial score (nSPS) is 22.4. The Labute approximate surface area is 189 Å². The minimum Gasteiger partial charge on any atom is -0.493 e. The Morgan fingerprint density at radius 3 is 2.78 bits per heavy atom. The van der Waals surface area contributed by atoms with Gasteiger partial charge in [0.15, 0.2) is 11.5 Å². The van der Waals surface area contributed by atoms with Gasteiger partial charge in [-0.05, 0) is 63.2 Å². The van der Waals surface area contributed by atoms with Crippen LogP contribution in [-0.4, -0.2) is 61.9 Å². The lowest BCUT2D eigenvalue weighted by atomic mass is 9.88. The third kappa shape index (κ3) is 4.35. The molecule has 32 heavy (non-hydrogen) atoms. The van der Waals surface area contributed by atoms with Gasteiger partial charge in [-0.3, -0.25) is 9.78 Å². The van der Waals surface area contributed by atoms with E-state index in [4.69, 9.17) is 19.2 Å². The Bertz CT molecular complexity index is 968. The number of nitrogens with one attached hydrogen (secondary N) is 1. The first kappa shape index (κ1) is 21.3. The molecule has 1 aromatic heterocycles. The summed E-state index contributed by atoms with van der Waals surface area (Å²) in [5, 5.41) is 4.80. The van der Waals surface area contributed by atoms with Gasteiger partial charge in [0.1, 0.15) is 6.10 Å². The highest BCUT2D eigenvalue weighted by atomic mass is 16.5. The van der Waals surface area contributed by atoms with Gasteiger partial charge < -0.3 is 24.4 Å². The monoisotopic (exact) mass is 439 g/mol. The molecule has 2 aromatic rings. The number of ether oxygens (including phenoxy) is 3. The summed E-state index contributed by atoms with van der Waals surface area (Å²) in [7, 11) is 1.69. The van der Waals surface area contributed by atoms with Gasteiger partial charge in [-0.15, -0.1) is 0 Å². The van der Waals surface area contributed by atoms with Gasteiger partial charge in [0.25, 0.3) is 6.47 Å². The summed E-state index contributed by atoms with van der Waals surface area (Å²) < 4.78 is 16.9. The predicted octanol–water partition coefficient (Wildman–Crippen LogP) is 3.71. The van der Waals surface area contributed by atoms with Crippen molar-refractivity contribution in [2.45, 2.75) is 63.5 Å². The fourth-order valence-electron chi connectivity index (χ4n) is 5.26. The maximum absolute atomic E-state index is 10.6. The fraction of sp³-hybridized carbons (Fsp3) is 0.600. The number of aromatic nitrogens is 1. The average Bonchev–Trinajstić information content (AvgIpc) is 3.46. The van der Waals surface area contributed by atoms with Crippen LogP contribution in [0.4, 0.5) is 5.69 Å². The van der Waals surface area contributed by atoms with Crippen molar-refractivity contribution in [1.29, 1.82) is 0 Å². The van der Waals surface area contributed by atoms with Crippen molar-refractivity contribution in [2.24, 2.45) is 0 Å². The van der Waals surface area contributed by atoms with Crippen molar-refractivity contribution in [2.75, 3.05) is 38.7 Å². The first-order chi connectivity index (χ1) is 15.7. The molecule has 3 aliphatic rings. The predicted molar refractivity (Wildman–Crippen MR) is 124 cm³/mol. The number of anilines is 1. The standard InChI is InChI=1S/C25H33N3O4/c1-30-23-14-20-22(15-24(23)31-11-5-10-28-8-2-3-9-28)27-21-7-4-6-19(21)25(20)26-17-12-18(13-17)32-16-29/h14-18H,2-13H2,1H3,(H,26,27)/t17-,18+. The van der Waals surface area contributed by atoms with Gasteiger partial charge in [0, 0.05) is 48.3 Å². The Hall–Kier alpha value is -2.54. The fourth-order valence-corrected chi connectivity index (χ4v) is 5.26. The molecule has 172 valence electrons. The third-order valence-corrected chi connectivity index (χ3v) is 7.06. The van der Waals surface area contributed by atoms with Gasteiger partial charge in [-0.1, -0.05) is 0 Å². The first-order valence-electron chi connectivity index (χ1n) is 12.0. The van der Waals surface area contributed by atoms with E-state index in [1.165, 1.54) is 37.2 Å². The average molecular weight is 440 g/mol. The van der Waals surface area contributed by atoms with Crippen LogP contribution in [0.15, 0.2) is 12.1 Å². The van der Waals surface area contributed by atoms with Crippen LogP contribution in [0.3, 0.4) is 0 Å². The Morgan fingerprint density at radius 2 is 2.00 bits per heavy atom. The largest absolute Gasteiger partial charge is 0.493 e. The highest BCUT2D eigenvalue weighted by Gasteiger charge is 2.32. The molecule has 0 spiro atoms. The number of carbonyl (C=O) groups is 1. The highest BCUT2D eigenvalue weighted by Crippen LogP contribution is 2.41. The summed E-state index contributed by atoms with van der Waals surface area (Å²) in [5.74, 6) is 1.51. The van der Waals surface area contributed by atoms with Crippen molar-refractivity contribution < 1.29 is 19.0 Å². The lowest BCUT2D eigenvalue weighted by Gasteiger charge is -2.35. The quantitative estimate of drug-likeness (QED) is 0.447. The molecule has 2 heterocycles. The zero-order valence-electron chi connectivity index (χ0n) is 18.9. The SMILES string of the molecule is COc1cc2c(N[C@H]3C[C@@H](OC=O)C3)c3c(nc2cc1OCCCN1CCCC1)CCC3. The van der Waals surface area contributed by atoms with Crippen molar-refractivity contribution in [3.8, 4) is 11.5 Å². The minimum atomic E-state index is 0.0289. The second-order valence-corrected chi connectivity index (χ2v) is 9.20. The number of hydrogen-bond acceptors (Lipinski definition) is 7. The number of fused-ring (bicyclic) bond motifs is 2. The van der Waals surface area contributed by atoms with E-state index >= 15 is 0 Å². The summed E-state index contributed by atoms with van der Waals surface area (Å²) in [5.41, 5.74) is 4.61. The number of nitrogens with zero attached hydrogens (tertiary/aromatic N) is 2. The Morgan fingerprint density at radius 1 is 1.16 bits per heavy atom. The summed E-state index contributed by atoms with van der Waals surface area (Å²) in [4.78, 5) is 18.1. The summed E-state index contributed by atoms with van der Waals surface area (Å²) in [6, 6.07) is 4.41. The molecule has 1 saturated heterocycles. The van der Waals surface area contributed by atoms with E-state index in [1.54, 1.807) is 7.11 Å². The van der Waals surface area contributed by atoms with E-state index in [1.807, 2.05) is 6.07 Å². The molecular formula is C25H33N3O4. The molecule has 1 aromatic carbocycles. The number of likely N-dealkylation sites (tertiary alicyclic amines) is 1. The molecule has 2 fully saturated rings. The smallest absolute Gasteiger partial charge is 0.293 e. The van der Waals surface area contributed by atoms with E-state index in [9.17, 15) is 4.79 Å². The van der Waals surface area contributed by atoms with Gasteiger partial charge in [-0.25, -0.2) is 0 Å².